The summed E-state index contributed by atoms with van der Waals surface area (Å²) in [5, 5.41) is 0. The fourth-order valence-corrected chi connectivity index (χ4v) is 5.49. The van der Waals surface area contributed by atoms with Gasteiger partial charge in [-0.1, -0.05) is 0 Å². The van der Waals surface area contributed by atoms with Gasteiger partial charge >= 0.3 is 0 Å². The Morgan fingerprint density at radius 1 is 0.966 bits per heavy atom. The van der Waals surface area contributed by atoms with E-state index in [0.29, 0.717) is 45.9 Å². The second-order valence-corrected chi connectivity index (χ2v) is 9.66. The Hall–Kier alpha value is -1.75. The highest BCUT2D eigenvalue weighted by Crippen LogP contribution is 2.22. The van der Waals surface area contributed by atoms with E-state index in [-0.39, 0.29) is 10.8 Å². The van der Waals surface area contributed by atoms with Crippen molar-refractivity contribution in [3.05, 3.63) is 18.3 Å². The standard InChI is InChI=1S/C19H29N5O4S/c25-19(23-11-13-28-14-12-23)16-21-7-9-22(10-8-21)18-4-3-17(15-20-18)29(26,27)24-5-1-2-6-24/h3-4,15H,1-2,5-14,16H2. The topological polar surface area (TPSA) is 86.3 Å². The molecule has 0 aromatic carbocycles. The van der Waals surface area contributed by atoms with Crippen LogP contribution >= 0.6 is 0 Å². The number of carbonyl (C=O) groups excluding carboxylic acids is 1. The van der Waals surface area contributed by atoms with E-state index in [1.807, 2.05) is 4.90 Å². The maximum Gasteiger partial charge on any atom is 0.244 e. The molecule has 4 rings (SSSR count). The first-order valence-corrected chi connectivity index (χ1v) is 11.8. The third kappa shape index (κ3) is 4.71. The molecule has 3 saturated heterocycles. The first kappa shape index (κ1) is 20.5. The number of carbonyl (C=O) groups is 1. The fraction of sp³-hybridized carbons (Fsp3) is 0.684. The number of hydrogen-bond acceptors (Lipinski definition) is 7. The molecule has 160 valence electrons. The lowest BCUT2D eigenvalue weighted by atomic mass is 10.3. The Balaban J connectivity index is 1.30. The predicted octanol–water partition coefficient (Wildman–Crippen LogP) is -0.153. The number of sulfonamides is 1. The second kappa shape index (κ2) is 8.95. The normalized spacial score (nSPS) is 22.2. The molecule has 0 bridgehead atoms. The number of hydrogen-bond donors (Lipinski definition) is 0. The Morgan fingerprint density at radius 2 is 1.66 bits per heavy atom. The fourth-order valence-electron chi connectivity index (χ4n) is 4.03. The molecule has 9 nitrogen and oxygen atoms in total. The molecule has 4 heterocycles. The zero-order valence-electron chi connectivity index (χ0n) is 16.7. The van der Waals surface area contributed by atoms with Gasteiger partial charge in [-0.15, -0.1) is 0 Å². The molecular formula is C19H29N5O4S. The third-order valence-electron chi connectivity index (χ3n) is 5.84. The number of morpholine rings is 1. The Labute approximate surface area is 172 Å². The van der Waals surface area contributed by atoms with Gasteiger partial charge in [0.25, 0.3) is 0 Å². The van der Waals surface area contributed by atoms with Crippen LogP contribution in [0.3, 0.4) is 0 Å². The first-order chi connectivity index (χ1) is 14.0. The van der Waals surface area contributed by atoms with Crippen molar-refractivity contribution in [2.24, 2.45) is 0 Å². The molecule has 3 fully saturated rings. The summed E-state index contributed by atoms with van der Waals surface area (Å²) >= 11 is 0. The van der Waals surface area contributed by atoms with E-state index in [4.69, 9.17) is 4.74 Å². The van der Waals surface area contributed by atoms with Gasteiger partial charge in [-0.05, 0) is 25.0 Å². The number of ether oxygens (including phenoxy) is 1. The molecule has 1 aromatic heterocycles. The molecule has 0 unspecified atom stereocenters. The number of aromatic nitrogens is 1. The molecule has 1 aromatic rings. The number of piperazine rings is 1. The van der Waals surface area contributed by atoms with Crippen molar-refractivity contribution in [3.8, 4) is 0 Å². The quantitative estimate of drug-likeness (QED) is 0.651. The van der Waals surface area contributed by atoms with Gasteiger partial charge in [-0.2, -0.15) is 4.31 Å². The molecule has 0 spiro atoms. The SMILES string of the molecule is O=C(CN1CCN(c2ccc(S(=O)(=O)N3CCCC3)cn2)CC1)N1CCOCC1. The summed E-state index contributed by atoms with van der Waals surface area (Å²) < 4.78 is 32.1. The van der Waals surface area contributed by atoms with Crippen LogP contribution in [0.5, 0.6) is 0 Å². The van der Waals surface area contributed by atoms with Crippen LogP contribution in [0, 0.1) is 0 Å². The summed E-state index contributed by atoms with van der Waals surface area (Å²) in [7, 11) is -3.43. The van der Waals surface area contributed by atoms with Gasteiger partial charge in [-0.25, -0.2) is 13.4 Å². The monoisotopic (exact) mass is 423 g/mol. The Bertz CT molecular complexity index is 796. The summed E-state index contributed by atoms with van der Waals surface area (Å²) in [6.07, 6.45) is 3.31. The molecular weight excluding hydrogens is 394 g/mol. The van der Waals surface area contributed by atoms with Crippen LogP contribution in [0.25, 0.3) is 0 Å². The average molecular weight is 424 g/mol. The van der Waals surface area contributed by atoms with Crippen LogP contribution < -0.4 is 4.90 Å². The molecule has 0 saturated carbocycles. The van der Waals surface area contributed by atoms with Gasteiger partial charge in [0, 0.05) is 58.6 Å². The third-order valence-corrected chi connectivity index (χ3v) is 7.72. The van der Waals surface area contributed by atoms with Crippen molar-refractivity contribution >= 4 is 21.7 Å². The summed E-state index contributed by atoms with van der Waals surface area (Å²) in [6.45, 7) is 7.31. The molecule has 0 N–H and O–H groups in total. The summed E-state index contributed by atoms with van der Waals surface area (Å²) in [4.78, 5) is 23.3. The summed E-state index contributed by atoms with van der Waals surface area (Å²) in [6, 6.07) is 3.45. The van der Waals surface area contributed by atoms with Gasteiger partial charge in [-0.3, -0.25) is 9.69 Å². The largest absolute Gasteiger partial charge is 0.378 e. The zero-order valence-corrected chi connectivity index (χ0v) is 17.5. The lowest BCUT2D eigenvalue weighted by Gasteiger charge is -2.36. The van der Waals surface area contributed by atoms with Crippen molar-refractivity contribution in [3.63, 3.8) is 0 Å². The Morgan fingerprint density at radius 3 is 2.28 bits per heavy atom. The molecule has 0 atom stereocenters. The van der Waals surface area contributed by atoms with Crippen LogP contribution in [-0.2, 0) is 19.6 Å². The van der Waals surface area contributed by atoms with E-state index in [0.717, 1.165) is 44.8 Å². The maximum absolute atomic E-state index is 12.6. The van der Waals surface area contributed by atoms with Crippen LogP contribution in [0.1, 0.15) is 12.8 Å². The smallest absolute Gasteiger partial charge is 0.244 e. The van der Waals surface area contributed by atoms with Crippen LogP contribution in [0.4, 0.5) is 5.82 Å². The van der Waals surface area contributed by atoms with Gasteiger partial charge in [0.15, 0.2) is 0 Å². The van der Waals surface area contributed by atoms with E-state index >= 15 is 0 Å². The van der Waals surface area contributed by atoms with Crippen molar-refractivity contribution < 1.29 is 17.9 Å². The average Bonchev–Trinajstić information content (AvgIpc) is 3.31. The van der Waals surface area contributed by atoms with E-state index < -0.39 is 10.0 Å². The van der Waals surface area contributed by atoms with E-state index in [9.17, 15) is 13.2 Å². The van der Waals surface area contributed by atoms with Gasteiger partial charge in [0.2, 0.25) is 15.9 Å². The summed E-state index contributed by atoms with van der Waals surface area (Å²) in [5.74, 6) is 0.945. The van der Waals surface area contributed by atoms with Crippen LogP contribution in [-0.4, -0.2) is 106 Å². The van der Waals surface area contributed by atoms with E-state index in [1.54, 1.807) is 12.1 Å². The minimum absolute atomic E-state index is 0.163. The lowest BCUT2D eigenvalue weighted by Crippen LogP contribution is -2.51. The van der Waals surface area contributed by atoms with Crippen molar-refractivity contribution in [2.45, 2.75) is 17.7 Å². The number of pyridine rings is 1. The highest BCUT2D eigenvalue weighted by atomic mass is 32.2. The van der Waals surface area contributed by atoms with Gasteiger partial charge < -0.3 is 14.5 Å². The minimum atomic E-state index is -3.43. The van der Waals surface area contributed by atoms with Gasteiger partial charge in [0.1, 0.15) is 10.7 Å². The Kier molecular flexibility index (Phi) is 6.33. The molecule has 3 aliphatic rings. The van der Waals surface area contributed by atoms with E-state index in [2.05, 4.69) is 14.8 Å². The molecule has 10 heteroatoms. The first-order valence-electron chi connectivity index (χ1n) is 10.3. The van der Waals surface area contributed by atoms with Gasteiger partial charge in [0.05, 0.1) is 19.8 Å². The minimum Gasteiger partial charge on any atom is -0.378 e. The van der Waals surface area contributed by atoms with Crippen LogP contribution in [0.2, 0.25) is 0 Å². The molecule has 3 aliphatic heterocycles. The molecule has 0 radical (unpaired) electrons. The molecule has 29 heavy (non-hydrogen) atoms. The highest BCUT2D eigenvalue weighted by Gasteiger charge is 2.28. The predicted molar refractivity (Wildman–Crippen MR) is 108 cm³/mol. The number of rotatable bonds is 5. The number of anilines is 1. The number of nitrogens with zero attached hydrogens (tertiary/aromatic N) is 5. The maximum atomic E-state index is 12.6. The molecule has 0 aliphatic carbocycles. The molecule has 1 amide bonds. The van der Waals surface area contributed by atoms with E-state index in [1.165, 1.54) is 10.5 Å². The highest BCUT2D eigenvalue weighted by molar-refractivity contribution is 7.89. The zero-order chi connectivity index (χ0) is 20.3. The second-order valence-electron chi connectivity index (χ2n) is 7.72. The number of amides is 1. The summed E-state index contributed by atoms with van der Waals surface area (Å²) in [5.41, 5.74) is 0. The van der Waals surface area contributed by atoms with Crippen LogP contribution in [0.15, 0.2) is 23.2 Å². The van der Waals surface area contributed by atoms with Crippen molar-refractivity contribution in [2.75, 3.05) is 77.0 Å². The van der Waals surface area contributed by atoms with Crippen molar-refractivity contribution in [1.82, 2.24) is 19.1 Å². The lowest BCUT2D eigenvalue weighted by molar-refractivity contribution is -0.136. The van der Waals surface area contributed by atoms with Crippen molar-refractivity contribution in [1.29, 1.82) is 0 Å².